The van der Waals surface area contributed by atoms with Crippen molar-refractivity contribution in [1.82, 2.24) is 9.88 Å². The zero-order chi connectivity index (χ0) is 16.1. The first-order chi connectivity index (χ1) is 11.2. The minimum Gasteiger partial charge on any atom is -0.408 e. The van der Waals surface area contributed by atoms with E-state index in [1.54, 1.807) is 18.2 Å². The molecule has 5 nitrogen and oxygen atoms in total. The number of carbonyl (C=O) groups excluding carboxylic acids is 1. The molecular formula is C18H18N2O3. The molecule has 0 saturated heterocycles. The van der Waals surface area contributed by atoms with Crippen molar-refractivity contribution >= 4 is 17.0 Å². The predicted molar refractivity (Wildman–Crippen MR) is 88.2 cm³/mol. The fraction of sp³-hybridized carbons (Fsp3) is 0.222. The topological polar surface area (TPSA) is 64.2 Å². The standard InChI is InChI=1S/C18H18N2O3/c21-17(19-12-6-9-14-7-2-1-3-8-14)13-20-15-10-4-5-11-16(15)23-18(20)22/h1-5,7-8,10-11H,6,9,12-13H2,(H,19,21). The van der Waals surface area contributed by atoms with Crippen LogP contribution < -0.4 is 11.1 Å². The maximum Gasteiger partial charge on any atom is 0.420 e. The van der Waals surface area contributed by atoms with E-state index >= 15 is 0 Å². The first-order valence-corrected chi connectivity index (χ1v) is 7.63. The van der Waals surface area contributed by atoms with Gasteiger partial charge >= 0.3 is 5.76 Å². The lowest BCUT2D eigenvalue weighted by Crippen LogP contribution is -2.31. The van der Waals surface area contributed by atoms with Crippen LogP contribution in [0.5, 0.6) is 0 Å². The van der Waals surface area contributed by atoms with Crippen LogP contribution in [0.2, 0.25) is 0 Å². The summed E-state index contributed by atoms with van der Waals surface area (Å²) < 4.78 is 6.46. The number of carbonyl (C=O) groups is 1. The van der Waals surface area contributed by atoms with Crippen molar-refractivity contribution in [3.63, 3.8) is 0 Å². The largest absolute Gasteiger partial charge is 0.420 e. The van der Waals surface area contributed by atoms with Gasteiger partial charge in [-0.1, -0.05) is 42.5 Å². The summed E-state index contributed by atoms with van der Waals surface area (Å²) in [5, 5.41) is 2.84. The number of para-hydroxylation sites is 2. The van der Waals surface area contributed by atoms with Gasteiger partial charge in [-0.3, -0.25) is 9.36 Å². The average molecular weight is 310 g/mol. The van der Waals surface area contributed by atoms with E-state index in [1.165, 1.54) is 10.1 Å². The van der Waals surface area contributed by atoms with Crippen LogP contribution in [-0.4, -0.2) is 17.0 Å². The molecule has 0 aliphatic carbocycles. The van der Waals surface area contributed by atoms with Crippen LogP contribution in [0.4, 0.5) is 0 Å². The normalized spacial score (nSPS) is 10.8. The molecule has 1 aromatic heterocycles. The Morgan fingerprint density at radius 1 is 1.04 bits per heavy atom. The molecule has 0 atom stereocenters. The lowest BCUT2D eigenvalue weighted by molar-refractivity contribution is -0.121. The molecule has 0 saturated carbocycles. The van der Waals surface area contributed by atoms with Crippen LogP contribution in [0.3, 0.4) is 0 Å². The number of fused-ring (bicyclic) bond motifs is 1. The molecule has 0 unspecified atom stereocenters. The number of oxazole rings is 1. The van der Waals surface area contributed by atoms with Gasteiger partial charge in [-0.05, 0) is 30.5 Å². The third-order valence-corrected chi connectivity index (χ3v) is 3.68. The summed E-state index contributed by atoms with van der Waals surface area (Å²) in [7, 11) is 0. The fourth-order valence-corrected chi connectivity index (χ4v) is 2.53. The first-order valence-electron chi connectivity index (χ1n) is 7.63. The number of hydrogen-bond donors (Lipinski definition) is 1. The summed E-state index contributed by atoms with van der Waals surface area (Å²) in [5.41, 5.74) is 2.38. The van der Waals surface area contributed by atoms with Crippen molar-refractivity contribution in [2.24, 2.45) is 0 Å². The summed E-state index contributed by atoms with van der Waals surface area (Å²) in [4.78, 5) is 23.8. The molecule has 1 amide bonds. The second kappa shape index (κ2) is 6.96. The number of benzene rings is 2. The Bertz CT molecular complexity index is 849. The molecule has 23 heavy (non-hydrogen) atoms. The van der Waals surface area contributed by atoms with Gasteiger partial charge in [-0.15, -0.1) is 0 Å². The van der Waals surface area contributed by atoms with Crippen molar-refractivity contribution in [2.45, 2.75) is 19.4 Å². The lowest BCUT2D eigenvalue weighted by atomic mass is 10.1. The maximum atomic E-state index is 12.0. The molecule has 118 valence electrons. The number of aryl methyl sites for hydroxylation is 1. The highest BCUT2D eigenvalue weighted by Gasteiger charge is 2.11. The molecule has 0 spiro atoms. The van der Waals surface area contributed by atoms with Gasteiger partial charge in [0.25, 0.3) is 0 Å². The molecule has 2 aromatic carbocycles. The Labute approximate surface area is 133 Å². The number of aromatic nitrogens is 1. The van der Waals surface area contributed by atoms with E-state index in [0.717, 1.165) is 12.8 Å². The van der Waals surface area contributed by atoms with Gasteiger partial charge in [0.1, 0.15) is 6.54 Å². The van der Waals surface area contributed by atoms with Crippen molar-refractivity contribution in [2.75, 3.05) is 6.54 Å². The second-order valence-corrected chi connectivity index (χ2v) is 5.36. The van der Waals surface area contributed by atoms with Gasteiger partial charge in [0.2, 0.25) is 5.91 Å². The van der Waals surface area contributed by atoms with Crippen molar-refractivity contribution in [3.8, 4) is 0 Å². The summed E-state index contributed by atoms with van der Waals surface area (Å²) in [6.07, 6.45) is 1.77. The maximum absolute atomic E-state index is 12.0. The Kier molecular flexibility index (Phi) is 4.57. The summed E-state index contributed by atoms with van der Waals surface area (Å²) >= 11 is 0. The number of nitrogens with one attached hydrogen (secondary N) is 1. The van der Waals surface area contributed by atoms with E-state index < -0.39 is 5.76 Å². The molecule has 0 bridgehead atoms. The van der Waals surface area contributed by atoms with Gasteiger partial charge in [0, 0.05) is 6.54 Å². The Balaban J connectivity index is 1.53. The van der Waals surface area contributed by atoms with Crippen molar-refractivity contribution < 1.29 is 9.21 Å². The van der Waals surface area contributed by atoms with Gasteiger partial charge in [-0.25, -0.2) is 4.79 Å². The zero-order valence-electron chi connectivity index (χ0n) is 12.7. The number of hydrogen-bond acceptors (Lipinski definition) is 3. The highest BCUT2D eigenvalue weighted by atomic mass is 16.4. The zero-order valence-corrected chi connectivity index (χ0v) is 12.7. The summed E-state index contributed by atoms with van der Waals surface area (Å²) in [6, 6.07) is 17.2. The van der Waals surface area contributed by atoms with Crippen LogP contribution in [-0.2, 0) is 17.8 Å². The summed E-state index contributed by atoms with van der Waals surface area (Å²) in [6.45, 7) is 0.555. The van der Waals surface area contributed by atoms with Crippen LogP contribution >= 0.6 is 0 Å². The van der Waals surface area contributed by atoms with E-state index in [0.29, 0.717) is 17.6 Å². The van der Waals surface area contributed by atoms with Gasteiger partial charge in [0.05, 0.1) is 5.52 Å². The van der Waals surface area contributed by atoms with Crippen molar-refractivity contribution in [3.05, 3.63) is 70.7 Å². The third-order valence-electron chi connectivity index (χ3n) is 3.68. The van der Waals surface area contributed by atoms with Crippen LogP contribution in [0.1, 0.15) is 12.0 Å². The van der Waals surface area contributed by atoms with Crippen molar-refractivity contribution in [1.29, 1.82) is 0 Å². The minimum absolute atomic E-state index is 0.0266. The van der Waals surface area contributed by atoms with Gasteiger partial charge < -0.3 is 9.73 Å². The molecule has 0 radical (unpaired) electrons. The van der Waals surface area contributed by atoms with Crippen LogP contribution in [0.25, 0.3) is 11.1 Å². The van der Waals surface area contributed by atoms with Gasteiger partial charge in [0.15, 0.2) is 5.58 Å². The predicted octanol–water partition coefficient (Wildman–Crippen LogP) is 2.34. The Morgan fingerprint density at radius 3 is 2.61 bits per heavy atom. The molecule has 3 rings (SSSR count). The molecule has 1 heterocycles. The number of amides is 1. The quantitative estimate of drug-likeness (QED) is 0.711. The van der Waals surface area contributed by atoms with Crippen LogP contribution in [0.15, 0.2) is 63.8 Å². The molecule has 3 aromatic rings. The van der Waals surface area contributed by atoms with E-state index in [1.807, 2.05) is 24.3 Å². The molecule has 0 aliphatic heterocycles. The summed E-state index contributed by atoms with van der Waals surface area (Å²) in [5.74, 6) is -0.697. The highest BCUT2D eigenvalue weighted by molar-refractivity contribution is 5.79. The second-order valence-electron chi connectivity index (χ2n) is 5.36. The lowest BCUT2D eigenvalue weighted by Gasteiger charge is -2.06. The first kappa shape index (κ1) is 15.1. The molecule has 1 N–H and O–H groups in total. The van der Waals surface area contributed by atoms with Crippen LogP contribution in [0, 0.1) is 0 Å². The monoisotopic (exact) mass is 310 g/mol. The SMILES string of the molecule is O=C(Cn1c(=O)oc2ccccc21)NCCCc1ccccc1. The molecule has 5 heteroatoms. The Hall–Kier alpha value is -2.82. The third kappa shape index (κ3) is 3.69. The fourth-order valence-electron chi connectivity index (χ4n) is 2.53. The smallest absolute Gasteiger partial charge is 0.408 e. The number of rotatable bonds is 6. The van der Waals surface area contributed by atoms with E-state index in [9.17, 15) is 9.59 Å². The van der Waals surface area contributed by atoms with Gasteiger partial charge in [-0.2, -0.15) is 0 Å². The molecular weight excluding hydrogens is 292 g/mol. The van der Waals surface area contributed by atoms with E-state index in [2.05, 4.69) is 17.4 Å². The molecule has 0 fully saturated rings. The number of nitrogens with zero attached hydrogens (tertiary/aromatic N) is 1. The molecule has 0 aliphatic rings. The highest BCUT2D eigenvalue weighted by Crippen LogP contribution is 2.11. The van der Waals surface area contributed by atoms with E-state index in [-0.39, 0.29) is 12.5 Å². The van der Waals surface area contributed by atoms with E-state index in [4.69, 9.17) is 4.42 Å². The minimum atomic E-state index is -0.509. The average Bonchev–Trinajstić information content (AvgIpc) is 2.88. The Morgan fingerprint density at radius 2 is 1.78 bits per heavy atom.